The number of hydrogen-bond acceptors (Lipinski definition) is 3. The molecule has 1 aromatic carbocycles. The second-order valence-corrected chi connectivity index (χ2v) is 8.45. The zero-order chi connectivity index (χ0) is 19.5. The van der Waals surface area contributed by atoms with Crippen LogP contribution in [-0.2, 0) is 0 Å². The molecule has 2 rings (SSSR count). The lowest BCUT2D eigenvalue weighted by molar-refractivity contribution is 0.181. The maximum Gasteiger partial charge on any atom is 0.423 e. The van der Waals surface area contributed by atoms with Crippen molar-refractivity contribution in [3.05, 3.63) is 60.0 Å². The number of rotatable bonds is 2. The van der Waals surface area contributed by atoms with E-state index in [1.54, 1.807) is 31.4 Å². The van der Waals surface area contributed by atoms with Crippen molar-refractivity contribution in [2.24, 2.45) is 10.8 Å². The molecule has 0 aromatic heterocycles. The van der Waals surface area contributed by atoms with Gasteiger partial charge < -0.3 is 9.47 Å². The Kier molecular flexibility index (Phi) is 5.65. The predicted octanol–water partition coefficient (Wildman–Crippen LogP) is 5.93. The second-order valence-electron chi connectivity index (χ2n) is 8.45. The average molecular weight is 355 g/mol. The molecule has 0 N–H and O–H groups in total. The van der Waals surface area contributed by atoms with Crippen LogP contribution in [0.2, 0.25) is 0 Å². The summed E-state index contributed by atoms with van der Waals surface area (Å²) in [4.78, 5) is 14.3. The van der Waals surface area contributed by atoms with Crippen LogP contribution in [0.4, 0.5) is 4.79 Å². The molecule has 1 amide bonds. The molecule has 0 saturated heterocycles. The smallest absolute Gasteiger partial charge is 0.423 e. The number of carbonyl (C=O) groups excluding carboxylic acids is 1. The van der Waals surface area contributed by atoms with Gasteiger partial charge in [-0.1, -0.05) is 53.7 Å². The van der Waals surface area contributed by atoms with Crippen LogP contribution in [0.25, 0.3) is 0 Å². The molecule has 0 aliphatic carbocycles. The van der Waals surface area contributed by atoms with Gasteiger partial charge in [-0.15, -0.1) is 0 Å². The van der Waals surface area contributed by atoms with Crippen molar-refractivity contribution in [3.8, 4) is 11.5 Å². The van der Waals surface area contributed by atoms with Crippen LogP contribution in [0.3, 0.4) is 0 Å². The van der Waals surface area contributed by atoms with E-state index in [1.165, 1.54) is 4.90 Å². The fraction of sp³-hybridized carbons (Fsp3) is 0.409. The SMILES string of the molecule is COc1ccc(OC(=O)N2C=C(C(C)(C)C)C=CC(C(C)(C)C)=C2)cc1. The molecule has 1 aromatic rings. The van der Waals surface area contributed by atoms with Crippen LogP contribution in [0.5, 0.6) is 11.5 Å². The summed E-state index contributed by atoms with van der Waals surface area (Å²) < 4.78 is 10.7. The highest BCUT2D eigenvalue weighted by molar-refractivity contribution is 5.74. The summed E-state index contributed by atoms with van der Waals surface area (Å²) in [6.45, 7) is 12.7. The number of ether oxygens (including phenoxy) is 2. The number of hydrogen-bond donors (Lipinski definition) is 0. The summed E-state index contributed by atoms with van der Waals surface area (Å²) in [5.41, 5.74) is 1.94. The molecular formula is C22H29NO3. The quantitative estimate of drug-likeness (QED) is 0.660. The topological polar surface area (TPSA) is 38.8 Å². The molecule has 0 saturated carbocycles. The Morgan fingerprint density at radius 2 is 1.23 bits per heavy atom. The number of amides is 1. The molecule has 0 bridgehead atoms. The minimum atomic E-state index is -0.442. The molecular weight excluding hydrogens is 326 g/mol. The highest BCUT2D eigenvalue weighted by Gasteiger charge is 2.24. The van der Waals surface area contributed by atoms with Crippen molar-refractivity contribution < 1.29 is 14.3 Å². The summed E-state index contributed by atoms with van der Waals surface area (Å²) in [6, 6.07) is 6.96. The Morgan fingerprint density at radius 1 is 0.808 bits per heavy atom. The van der Waals surface area contributed by atoms with Gasteiger partial charge in [0.25, 0.3) is 0 Å². The van der Waals surface area contributed by atoms with Crippen LogP contribution in [0.1, 0.15) is 41.5 Å². The van der Waals surface area contributed by atoms with Crippen molar-refractivity contribution in [3.63, 3.8) is 0 Å². The Hall–Kier alpha value is -2.49. The first kappa shape index (κ1) is 19.8. The van der Waals surface area contributed by atoms with Gasteiger partial charge in [0.15, 0.2) is 0 Å². The van der Waals surface area contributed by atoms with Gasteiger partial charge in [0.2, 0.25) is 0 Å². The number of nitrogens with zero attached hydrogens (tertiary/aromatic N) is 1. The van der Waals surface area contributed by atoms with Crippen LogP contribution in [-0.4, -0.2) is 18.1 Å². The van der Waals surface area contributed by atoms with Crippen LogP contribution < -0.4 is 9.47 Å². The molecule has 1 aliphatic rings. The highest BCUT2D eigenvalue weighted by atomic mass is 16.6. The van der Waals surface area contributed by atoms with Gasteiger partial charge in [0, 0.05) is 12.4 Å². The van der Waals surface area contributed by atoms with Crippen LogP contribution in [0, 0.1) is 10.8 Å². The Balaban J connectivity index is 2.33. The average Bonchev–Trinajstić information content (AvgIpc) is 2.78. The molecule has 0 unspecified atom stereocenters. The maximum absolute atomic E-state index is 12.8. The van der Waals surface area contributed by atoms with Gasteiger partial charge in [-0.2, -0.15) is 0 Å². The highest BCUT2D eigenvalue weighted by Crippen LogP contribution is 2.33. The molecule has 1 heterocycles. The zero-order valence-electron chi connectivity index (χ0n) is 16.8. The molecule has 140 valence electrons. The largest absolute Gasteiger partial charge is 0.497 e. The summed E-state index contributed by atoms with van der Waals surface area (Å²) in [6.07, 6.45) is 7.42. The first-order valence-electron chi connectivity index (χ1n) is 8.77. The van der Waals surface area contributed by atoms with E-state index in [0.29, 0.717) is 11.5 Å². The summed E-state index contributed by atoms with van der Waals surface area (Å²) in [5.74, 6) is 1.19. The lowest BCUT2D eigenvalue weighted by atomic mass is 9.84. The van der Waals surface area contributed by atoms with E-state index in [9.17, 15) is 4.79 Å². The van der Waals surface area contributed by atoms with Crippen molar-refractivity contribution in [2.75, 3.05) is 7.11 Å². The molecule has 0 fully saturated rings. The molecule has 0 spiro atoms. The molecule has 26 heavy (non-hydrogen) atoms. The van der Waals surface area contributed by atoms with Crippen LogP contribution >= 0.6 is 0 Å². The number of carbonyl (C=O) groups is 1. The first-order valence-corrected chi connectivity index (χ1v) is 8.77. The number of benzene rings is 1. The van der Waals surface area contributed by atoms with Gasteiger partial charge in [-0.25, -0.2) is 4.79 Å². The Labute approximate surface area is 156 Å². The minimum absolute atomic E-state index is 0.0870. The van der Waals surface area contributed by atoms with E-state index in [1.807, 2.05) is 12.4 Å². The summed E-state index contributed by atoms with van der Waals surface area (Å²) in [7, 11) is 1.60. The van der Waals surface area contributed by atoms with Gasteiger partial charge >= 0.3 is 6.09 Å². The molecule has 1 aliphatic heterocycles. The second kappa shape index (κ2) is 7.40. The third-order valence-corrected chi connectivity index (χ3v) is 4.21. The van der Waals surface area contributed by atoms with Gasteiger partial charge in [0.05, 0.1) is 7.11 Å². The predicted molar refractivity (Wildman–Crippen MR) is 105 cm³/mol. The zero-order valence-corrected chi connectivity index (χ0v) is 16.8. The molecule has 4 heteroatoms. The standard InChI is InChI=1S/C22H29NO3/c1-21(2,3)16-8-9-17(22(4,5)6)15-23(14-16)20(24)26-19-12-10-18(25-7)11-13-19/h8-15H,1-7H3. The maximum atomic E-state index is 12.8. The van der Waals surface area contributed by atoms with Crippen LogP contribution in [0.15, 0.2) is 60.0 Å². The van der Waals surface area contributed by atoms with Crippen molar-refractivity contribution in [1.29, 1.82) is 0 Å². The van der Waals surface area contributed by atoms with E-state index in [-0.39, 0.29) is 10.8 Å². The third kappa shape index (κ3) is 5.01. The van der Waals surface area contributed by atoms with Crippen molar-refractivity contribution in [1.82, 2.24) is 4.90 Å². The van der Waals surface area contributed by atoms with Gasteiger partial charge in [0.1, 0.15) is 11.5 Å². The van der Waals surface area contributed by atoms with Gasteiger partial charge in [-0.3, -0.25) is 4.90 Å². The minimum Gasteiger partial charge on any atom is -0.497 e. The van der Waals surface area contributed by atoms with E-state index in [4.69, 9.17) is 9.47 Å². The summed E-state index contributed by atoms with van der Waals surface area (Å²) >= 11 is 0. The summed E-state index contributed by atoms with van der Waals surface area (Å²) in [5, 5.41) is 0. The molecule has 4 nitrogen and oxygen atoms in total. The normalized spacial score (nSPS) is 15.1. The van der Waals surface area contributed by atoms with E-state index < -0.39 is 6.09 Å². The van der Waals surface area contributed by atoms with Crippen molar-refractivity contribution >= 4 is 6.09 Å². The number of allylic oxidation sites excluding steroid dienone is 4. The van der Waals surface area contributed by atoms with E-state index >= 15 is 0 Å². The third-order valence-electron chi connectivity index (χ3n) is 4.21. The Morgan fingerprint density at radius 3 is 1.62 bits per heavy atom. The fourth-order valence-electron chi connectivity index (χ4n) is 2.39. The Bertz CT molecular complexity index is 707. The molecule has 0 radical (unpaired) electrons. The lowest BCUT2D eigenvalue weighted by Crippen LogP contribution is -2.26. The molecule has 0 atom stereocenters. The van der Waals surface area contributed by atoms with Crippen molar-refractivity contribution in [2.45, 2.75) is 41.5 Å². The van der Waals surface area contributed by atoms with E-state index in [2.05, 4.69) is 53.7 Å². The van der Waals surface area contributed by atoms with Gasteiger partial charge in [-0.05, 0) is 46.2 Å². The first-order chi connectivity index (χ1) is 12.0. The van der Waals surface area contributed by atoms with E-state index in [0.717, 1.165) is 11.1 Å². The monoisotopic (exact) mass is 355 g/mol. The fourth-order valence-corrected chi connectivity index (χ4v) is 2.39. The lowest BCUT2D eigenvalue weighted by Gasteiger charge is -2.23. The number of methoxy groups -OCH3 is 1.